The van der Waals surface area contributed by atoms with Crippen LogP contribution in [-0.2, 0) is 9.53 Å². The molecule has 0 aliphatic heterocycles. The summed E-state index contributed by atoms with van der Waals surface area (Å²) in [5.41, 5.74) is 0. The molecule has 2 radical (unpaired) electrons. The van der Waals surface area contributed by atoms with Crippen LogP contribution < -0.4 is 0 Å². The van der Waals surface area contributed by atoms with Crippen LogP contribution in [0.4, 0.5) is 0 Å². The maximum Gasteiger partial charge on any atom is 0.205 e. The van der Waals surface area contributed by atoms with Gasteiger partial charge in [-0.3, -0.25) is 4.79 Å². The fraction of sp³-hybridized carbons (Fsp3) is 0.920. The van der Waals surface area contributed by atoms with Crippen molar-refractivity contribution in [3.05, 3.63) is 6.42 Å². The van der Waals surface area contributed by atoms with Gasteiger partial charge in [-0.2, -0.15) is 0 Å². The van der Waals surface area contributed by atoms with Gasteiger partial charge >= 0.3 is 0 Å². The van der Waals surface area contributed by atoms with Gasteiger partial charge in [0.2, 0.25) is 6.29 Å². The van der Waals surface area contributed by atoms with Gasteiger partial charge in [-0.05, 0) is 44.9 Å². The number of halogens is 3. The van der Waals surface area contributed by atoms with Crippen molar-refractivity contribution >= 4 is 54.1 Å². The number of ether oxygens (including phenoxy) is 1. The summed E-state index contributed by atoms with van der Waals surface area (Å²) in [6, 6.07) is 0. The van der Waals surface area contributed by atoms with Gasteiger partial charge in [0.05, 0.1) is 12.0 Å². The van der Waals surface area contributed by atoms with E-state index in [1.54, 1.807) is 0 Å². The first-order chi connectivity index (χ1) is 14.5. The Morgan fingerprint density at radius 2 is 1.20 bits per heavy atom. The molecule has 0 spiro atoms. The Hall–Kier alpha value is 1.07. The Balaban J connectivity index is 1.73. The summed E-state index contributed by atoms with van der Waals surface area (Å²) < 4.78 is 5.49. The van der Waals surface area contributed by atoms with Crippen LogP contribution in [0.3, 0.4) is 0 Å². The first-order valence-electron chi connectivity index (χ1n) is 12.4. The highest BCUT2D eigenvalue weighted by molar-refractivity contribution is 9.39. The Morgan fingerprint density at radius 3 is 1.63 bits per heavy atom. The van der Waals surface area contributed by atoms with Crippen molar-refractivity contribution < 1.29 is 9.53 Å². The molecule has 0 N–H and O–H groups in total. The number of carbonyl (C=O) groups excluding carboxylic acids is 1. The predicted octanol–water partition coefficient (Wildman–Crippen LogP) is 9.57. The van der Waals surface area contributed by atoms with Crippen LogP contribution in [0, 0.1) is 12.3 Å². The highest BCUT2D eigenvalue weighted by atomic mass is 80.0. The summed E-state index contributed by atoms with van der Waals surface area (Å²) in [6.07, 6.45) is 29.6. The largest absolute Gasteiger partial charge is 0.378 e. The zero-order chi connectivity index (χ0) is 21.9. The lowest BCUT2D eigenvalue weighted by atomic mass is 9.98. The third-order valence-corrected chi connectivity index (χ3v) is 7.82. The van der Waals surface area contributed by atoms with E-state index in [4.69, 9.17) is 4.74 Å². The average molecular weight is 615 g/mol. The van der Waals surface area contributed by atoms with E-state index in [9.17, 15) is 4.79 Å². The zero-order valence-corrected chi connectivity index (χ0v) is 23.6. The second-order valence-corrected chi connectivity index (χ2v) is 15.8. The van der Waals surface area contributed by atoms with E-state index in [0.717, 1.165) is 19.4 Å². The molecule has 0 saturated heterocycles. The van der Waals surface area contributed by atoms with Gasteiger partial charge < -0.3 is 4.74 Å². The van der Waals surface area contributed by atoms with E-state index in [1.165, 1.54) is 109 Å². The topological polar surface area (TPSA) is 26.3 Å². The molecule has 5 heteroatoms. The molecule has 0 heterocycles. The zero-order valence-electron chi connectivity index (χ0n) is 18.8. The Labute approximate surface area is 211 Å². The van der Waals surface area contributed by atoms with Crippen LogP contribution in [0.1, 0.15) is 122 Å². The minimum Gasteiger partial charge on any atom is -0.378 e. The van der Waals surface area contributed by atoms with Crippen molar-refractivity contribution in [3.8, 4) is 0 Å². The predicted molar refractivity (Wildman–Crippen MR) is 140 cm³/mol. The molecule has 1 unspecified atom stereocenters. The number of rotatable bonds is 19. The van der Waals surface area contributed by atoms with Gasteiger partial charge in [-0.25, -0.2) is 0 Å². The SMILES string of the molecule is O=[C]C(CCCCCCCCCCCCCCCCOC1CC[CH]CC1)C(Br)(Br)Br. The summed E-state index contributed by atoms with van der Waals surface area (Å²) in [5, 5.41) is 0. The normalized spacial score (nSPS) is 16.6. The van der Waals surface area contributed by atoms with Crippen LogP contribution in [-0.4, -0.2) is 21.1 Å². The second kappa shape index (κ2) is 19.5. The summed E-state index contributed by atoms with van der Waals surface area (Å²) in [7, 11) is 0. The minimum atomic E-state index is -0.489. The molecule has 2 nitrogen and oxygen atoms in total. The van der Waals surface area contributed by atoms with E-state index in [1.807, 2.05) is 0 Å². The van der Waals surface area contributed by atoms with E-state index < -0.39 is 2.14 Å². The lowest BCUT2D eigenvalue weighted by Crippen LogP contribution is -2.18. The summed E-state index contributed by atoms with van der Waals surface area (Å²) >= 11 is 10.3. The van der Waals surface area contributed by atoms with Gasteiger partial charge in [-0.15, -0.1) is 0 Å². The van der Waals surface area contributed by atoms with Crippen molar-refractivity contribution in [3.63, 3.8) is 0 Å². The van der Waals surface area contributed by atoms with Gasteiger partial charge in [-0.1, -0.05) is 131 Å². The number of hydrogen-bond acceptors (Lipinski definition) is 2. The van der Waals surface area contributed by atoms with Gasteiger partial charge in [0.15, 0.2) is 0 Å². The van der Waals surface area contributed by atoms with Crippen LogP contribution in [0.15, 0.2) is 0 Å². The molecule has 1 aliphatic rings. The molecule has 0 aromatic carbocycles. The number of unbranched alkanes of at least 4 members (excludes halogenated alkanes) is 13. The van der Waals surface area contributed by atoms with Crippen molar-refractivity contribution in [2.45, 2.75) is 130 Å². The molecule has 0 aromatic rings. The average Bonchev–Trinajstić information content (AvgIpc) is 2.72. The molecule has 0 bridgehead atoms. The molecule has 0 aromatic heterocycles. The molecule has 1 rings (SSSR count). The van der Waals surface area contributed by atoms with Crippen LogP contribution in [0.2, 0.25) is 0 Å². The monoisotopic (exact) mass is 612 g/mol. The summed E-state index contributed by atoms with van der Waals surface area (Å²) in [6.45, 7) is 0.977. The number of hydrogen-bond donors (Lipinski definition) is 0. The molecular weight excluding hydrogens is 572 g/mol. The van der Waals surface area contributed by atoms with Crippen LogP contribution >= 0.6 is 47.8 Å². The first kappa shape index (κ1) is 29.1. The van der Waals surface area contributed by atoms with Crippen LogP contribution in [0.5, 0.6) is 0 Å². The summed E-state index contributed by atoms with van der Waals surface area (Å²) in [5.74, 6) is -0.147. The molecule has 0 amide bonds. The Bertz CT molecular complexity index is 392. The molecule has 1 atom stereocenters. The minimum absolute atomic E-state index is 0.147. The van der Waals surface area contributed by atoms with Crippen molar-refractivity contribution in [2.24, 2.45) is 5.92 Å². The van der Waals surface area contributed by atoms with Crippen molar-refractivity contribution in [1.82, 2.24) is 0 Å². The Morgan fingerprint density at radius 1 is 0.767 bits per heavy atom. The van der Waals surface area contributed by atoms with E-state index in [2.05, 4.69) is 60.5 Å². The van der Waals surface area contributed by atoms with Gasteiger partial charge in [0, 0.05) is 6.61 Å². The van der Waals surface area contributed by atoms with Gasteiger partial charge in [0.1, 0.15) is 2.14 Å². The van der Waals surface area contributed by atoms with E-state index in [0.29, 0.717) is 6.10 Å². The molecule has 176 valence electrons. The molecular formula is C25H43Br3O2. The first-order valence-corrected chi connectivity index (χ1v) is 14.8. The highest BCUT2D eigenvalue weighted by Gasteiger charge is 2.30. The van der Waals surface area contributed by atoms with Gasteiger partial charge in [0.25, 0.3) is 0 Å². The second-order valence-electron chi connectivity index (χ2n) is 8.89. The van der Waals surface area contributed by atoms with Crippen molar-refractivity contribution in [1.29, 1.82) is 0 Å². The fourth-order valence-corrected chi connectivity index (χ4v) is 5.14. The fourth-order valence-electron chi connectivity index (χ4n) is 4.17. The molecule has 1 aliphatic carbocycles. The Kier molecular flexibility index (Phi) is 18.9. The van der Waals surface area contributed by atoms with Crippen LogP contribution in [0.25, 0.3) is 0 Å². The van der Waals surface area contributed by atoms with Crippen molar-refractivity contribution in [2.75, 3.05) is 6.61 Å². The lowest BCUT2D eigenvalue weighted by Gasteiger charge is -2.21. The molecule has 1 saturated carbocycles. The quantitative estimate of drug-likeness (QED) is 0.107. The maximum absolute atomic E-state index is 11.0. The molecule has 30 heavy (non-hydrogen) atoms. The maximum atomic E-state index is 11.0. The third-order valence-electron chi connectivity index (χ3n) is 6.16. The lowest BCUT2D eigenvalue weighted by molar-refractivity contribution is 0.0326. The summed E-state index contributed by atoms with van der Waals surface area (Å²) in [4.78, 5) is 11.0. The smallest absolute Gasteiger partial charge is 0.205 e. The standard InChI is InChI=1S/C25H43Br3O2/c26-25(27,28)23(22-29)18-14-11-9-7-5-3-1-2-4-6-8-10-12-17-21-30-24-19-15-13-16-20-24/h13,23-24H,1-12,14-21H2. The number of alkyl halides is 3. The third kappa shape index (κ3) is 16.7. The van der Waals surface area contributed by atoms with E-state index >= 15 is 0 Å². The highest BCUT2D eigenvalue weighted by Crippen LogP contribution is 2.42. The molecule has 1 fully saturated rings. The van der Waals surface area contributed by atoms with E-state index in [-0.39, 0.29) is 5.92 Å².